The van der Waals surface area contributed by atoms with Crippen LogP contribution >= 0.6 is 0 Å². The zero-order valence-electron chi connectivity index (χ0n) is 17.5. The van der Waals surface area contributed by atoms with Crippen molar-refractivity contribution in [3.8, 4) is 28.4 Å². The second kappa shape index (κ2) is 8.79. The summed E-state index contributed by atoms with van der Waals surface area (Å²) in [6.07, 6.45) is 6.37. The molecule has 2 N–H and O–H groups in total. The predicted molar refractivity (Wildman–Crippen MR) is 116 cm³/mol. The van der Waals surface area contributed by atoms with Gasteiger partial charge in [0, 0.05) is 0 Å². The van der Waals surface area contributed by atoms with Gasteiger partial charge in [-0.25, -0.2) is 0 Å². The molecule has 3 aromatic rings. The van der Waals surface area contributed by atoms with Crippen molar-refractivity contribution < 1.29 is 23.9 Å². The molecule has 1 fully saturated rings. The summed E-state index contributed by atoms with van der Waals surface area (Å²) in [5.41, 5.74) is 2.19. The van der Waals surface area contributed by atoms with Crippen LogP contribution in [-0.4, -0.2) is 32.4 Å². The summed E-state index contributed by atoms with van der Waals surface area (Å²) in [7, 11) is 3.13. The van der Waals surface area contributed by atoms with Crippen LogP contribution in [-0.2, 0) is 6.54 Å². The highest BCUT2D eigenvalue weighted by molar-refractivity contribution is 5.85. The molecule has 0 bridgehead atoms. The first kappa shape index (κ1) is 20.3. The van der Waals surface area contributed by atoms with E-state index in [9.17, 15) is 9.90 Å². The van der Waals surface area contributed by atoms with E-state index in [2.05, 4.69) is 0 Å². The van der Waals surface area contributed by atoms with Crippen LogP contribution in [0.25, 0.3) is 22.1 Å². The van der Waals surface area contributed by atoms with Gasteiger partial charge in [0.05, 0.1) is 43.8 Å². The van der Waals surface area contributed by atoms with Crippen molar-refractivity contribution in [2.45, 2.75) is 32.2 Å². The number of likely N-dealkylation sites (tertiary alicyclic amines) is 1. The van der Waals surface area contributed by atoms with Gasteiger partial charge >= 0.3 is 0 Å². The van der Waals surface area contributed by atoms with Gasteiger partial charge in [0.1, 0.15) is 24.1 Å². The minimum atomic E-state index is -0.129. The number of hydrogen-bond donors (Lipinski definition) is 2. The highest BCUT2D eigenvalue weighted by atomic mass is 16.5. The lowest BCUT2D eigenvalue weighted by atomic mass is 10.0. The van der Waals surface area contributed by atoms with Gasteiger partial charge in [-0.2, -0.15) is 0 Å². The Morgan fingerprint density at radius 1 is 1.00 bits per heavy atom. The number of phenols is 1. The third kappa shape index (κ3) is 3.87. The van der Waals surface area contributed by atoms with Crippen LogP contribution in [0.5, 0.6) is 17.2 Å². The zero-order chi connectivity index (χ0) is 21.1. The molecule has 0 atom stereocenters. The minimum Gasteiger partial charge on any atom is -0.507 e. The number of methoxy groups -OCH3 is 2. The van der Waals surface area contributed by atoms with E-state index >= 15 is 0 Å². The van der Waals surface area contributed by atoms with Crippen molar-refractivity contribution in [1.29, 1.82) is 0 Å². The zero-order valence-corrected chi connectivity index (χ0v) is 17.5. The molecule has 0 radical (unpaired) electrons. The van der Waals surface area contributed by atoms with E-state index in [0.29, 0.717) is 45.7 Å². The number of quaternary nitrogens is 1. The smallest absolute Gasteiger partial charge is 0.200 e. The molecule has 30 heavy (non-hydrogen) atoms. The number of rotatable bonds is 5. The summed E-state index contributed by atoms with van der Waals surface area (Å²) in [4.78, 5) is 14.7. The molecular formula is C24H28NO5+. The van der Waals surface area contributed by atoms with Gasteiger partial charge in [0.15, 0.2) is 11.5 Å². The minimum absolute atomic E-state index is 0.129. The molecule has 6 nitrogen and oxygen atoms in total. The van der Waals surface area contributed by atoms with Crippen LogP contribution in [0.3, 0.4) is 0 Å². The fraction of sp³-hybridized carbons (Fsp3) is 0.375. The summed E-state index contributed by atoms with van der Waals surface area (Å²) < 4.78 is 16.6. The summed E-state index contributed by atoms with van der Waals surface area (Å²) in [5.74, 6) is 1.32. The number of phenolic OH excluding ortho intramolecular Hbond substituents is 1. The molecule has 158 valence electrons. The number of ether oxygens (including phenoxy) is 2. The van der Waals surface area contributed by atoms with Gasteiger partial charge in [-0.15, -0.1) is 0 Å². The predicted octanol–water partition coefficient (Wildman–Crippen LogP) is 3.14. The number of benzene rings is 2. The van der Waals surface area contributed by atoms with Crippen LogP contribution in [0.15, 0.2) is 45.8 Å². The third-order valence-corrected chi connectivity index (χ3v) is 5.95. The standard InChI is InChI=1S/C24H27NO5/c1-28-21-10-7-16(13-22(21)29-2)19-15-30-24-17(23(19)27)8-9-20(26)18(24)14-25-11-5-3-4-6-12-25/h7-10,13,15,26H,3-6,11-12,14H2,1-2H3/p+1. The molecule has 4 rings (SSSR count). The molecule has 6 heteroatoms. The molecule has 0 spiro atoms. The molecule has 0 unspecified atom stereocenters. The molecule has 0 saturated carbocycles. The number of aromatic hydroxyl groups is 1. The highest BCUT2D eigenvalue weighted by Gasteiger charge is 2.21. The maximum Gasteiger partial charge on any atom is 0.200 e. The van der Waals surface area contributed by atoms with Gasteiger partial charge in [0.2, 0.25) is 5.43 Å². The molecule has 2 heterocycles. The van der Waals surface area contributed by atoms with Crippen LogP contribution < -0.4 is 19.8 Å². The molecule has 0 amide bonds. The van der Waals surface area contributed by atoms with E-state index in [1.54, 1.807) is 38.5 Å². The first-order valence-corrected chi connectivity index (χ1v) is 10.4. The lowest BCUT2D eigenvalue weighted by molar-refractivity contribution is -0.913. The normalized spacial score (nSPS) is 15.1. The van der Waals surface area contributed by atoms with E-state index in [-0.39, 0.29) is 11.2 Å². The average Bonchev–Trinajstić information content (AvgIpc) is 3.04. The molecule has 1 saturated heterocycles. The lowest BCUT2D eigenvalue weighted by Crippen LogP contribution is -3.10. The first-order chi connectivity index (χ1) is 14.6. The van der Waals surface area contributed by atoms with E-state index in [1.165, 1.54) is 36.8 Å². The van der Waals surface area contributed by atoms with Crippen molar-refractivity contribution in [3.05, 3.63) is 52.4 Å². The van der Waals surface area contributed by atoms with Crippen molar-refractivity contribution in [3.63, 3.8) is 0 Å². The summed E-state index contributed by atoms with van der Waals surface area (Å²) in [6, 6.07) is 8.58. The van der Waals surface area contributed by atoms with Gasteiger partial charge in [0.25, 0.3) is 0 Å². The Morgan fingerprint density at radius 3 is 2.43 bits per heavy atom. The Hall–Kier alpha value is -2.99. The first-order valence-electron chi connectivity index (χ1n) is 10.4. The number of hydrogen-bond acceptors (Lipinski definition) is 5. The van der Waals surface area contributed by atoms with Crippen LogP contribution in [0.2, 0.25) is 0 Å². The quantitative estimate of drug-likeness (QED) is 0.676. The molecule has 2 aromatic carbocycles. The Kier molecular flexibility index (Phi) is 5.95. The second-order valence-corrected chi connectivity index (χ2v) is 7.83. The third-order valence-electron chi connectivity index (χ3n) is 5.95. The maximum atomic E-state index is 13.3. The van der Waals surface area contributed by atoms with Crippen LogP contribution in [0, 0.1) is 0 Å². The molecular weight excluding hydrogens is 382 g/mol. The van der Waals surface area contributed by atoms with Gasteiger partial charge < -0.3 is 23.9 Å². The Labute approximate surface area is 175 Å². The van der Waals surface area contributed by atoms with Crippen LogP contribution in [0.4, 0.5) is 0 Å². The average molecular weight is 410 g/mol. The van der Waals surface area contributed by atoms with Crippen molar-refractivity contribution in [1.82, 2.24) is 0 Å². The summed E-state index contributed by atoms with van der Waals surface area (Å²) in [5, 5.41) is 11.0. The fourth-order valence-corrected chi connectivity index (χ4v) is 4.28. The van der Waals surface area contributed by atoms with Crippen molar-refractivity contribution >= 4 is 11.0 Å². The number of fused-ring (bicyclic) bond motifs is 1. The van der Waals surface area contributed by atoms with Crippen LogP contribution in [0.1, 0.15) is 31.2 Å². The number of nitrogens with one attached hydrogen (secondary N) is 1. The monoisotopic (exact) mass is 410 g/mol. The summed E-state index contributed by atoms with van der Waals surface area (Å²) in [6.45, 7) is 2.80. The Morgan fingerprint density at radius 2 is 1.73 bits per heavy atom. The fourth-order valence-electron chi connectivity index (χ4n) is 4.28. The molecule has 1 aliphatic rings. The topological polar surface area (TPSA) is 73.3 Å². The van der Waals surface area contributed by atoms with E-state index in [0.717, 1.165) is 13.1 Å². The van der Waals surface area contributed by atoms with E-state index in [1.807, 2.05) is 6.07 Å². The second-order valence-electron chi connectivity index (χ2n) is 7.83. The van der Waals surface area contributed by atoms with Crippen molar-refractivity contribution in [2.75, 3.05) is 27.3 Å². The molecule has 1 aliphatic heterocycles. The lowest BCUT2D eigenvalue weighted by Gasteiger charge is -2.18. The Bertz CT molecular complexity index is 1100. The van der Waals surface area contributed by atoms with E-state index < -0.39 is 0 Å². The van der Waals surface area contributed by atoms with Gasteiger partial charge in [-0.05, 0) is 55.5 Å². The largest absolute Gasteiger partial charge is 0.507 e. The molecule has 0 aliphatic carbocycles. The van der Waals surface area contributed by atoms with Crippen molar-refractivity contribution in [2.24, 2.45) is 0 Å². The Balaban J connectivity index is 1.76. The summed E-state index contributed by atoms with van der Waals surface area (Å²) >= 11 is 0. The molecule has 1 aromatic heterocycles. The maximum absolute atomic E-state index is 13.3. The van der Waals surface area contributed by atoms with Gasteiger partial charge in [-0.3, -0.25) is 4.79 Å². The highest BCUT2D eigenvalue weighted by Crippen LogP contribution is 2.33. The van der Waals surface area contributed by atoms with E-state index in [4.69, 9.17) is 13.9 Å². The van der Waals surface area contributed by atoms with Gasteiger partial charge in [-0.1, -0.05) is 6.07 Å². The SMILES string of the molecule is COc1ccc(-c2coc3c(C[NH+]4CCCCCC4)c(O)ccc3c2=O)cc1OC.